The lowest BCUT2D eigenvalue weighted by Gasteiger charge is -2.38. The molecule has 1 amide bonds. The number of benzene rings is 1. The number of hydrogen-bond donors (Lipinski definition) is 2. The zero-order chi connectivity index (χ0) is 15.6. The van der Waals surface area contributed by atoms with Crippen LogP contribution >= 0.6 is 0 Å². The zero-order valence-corrected chi connectivity index (χ0v) is 13.2. The third-order valence-corrected chi connectivity index (χ3v) is 3.89. The second-order valence-corrected chi connectivity index (χ2v) is 5.95. The monoisotopic (exact) mass is 291 g/mol. The SMILES string of the molecule is Cc1ccc(N)cc1NC(=O)C(C)N1CC(C)OC(C)C1. The first-order valence-corrected chi connectivity index (χ1v) is 7.43. The molecule has 1 aliphatic heterocycles. The highest BCUT2D eigenvalue weighted by Crippen LogP contribution is 2.20. The zero-order valence-electron chi connectivity index (χ0n) is 13.2. The van der Waals surface area contributed by atoms with E-state index in [0.29, 0.717) is 5.69 Å². The number of morpholine rings is 1. The molecule has 1 fully saturated rings. The highest BCUT2D eigenvalue weighted by atomic mass is 16.5. The van der Waals surface area contributed by atoms with Crippen molar-refractivity contribution in [2.45, 2.75) is 45.9 Å². The van der Waals surface area contributed by atoms with Crippen molar-refractivity contribution < 1.29 is 9.53 Å². The number of nitrogens with one attached hydrogen (secondary N) is 1. The summed E-state index contributed by atoms with van der Waals surface area (Å²) in [5, 5.41) is 2.98. The van der Waals surface area contributed by atoms with Crippen LogP contribution in [0.4, 0.5) is 11.4 Å². The van der Waals surface area contributed by atoms with Crippen LogP contribution in [0.25, 0.3) is 0 Å². The molecule has 21 heavy (non-hydrogen) atoms. The quantitative estimate of drug-likeness (QED) is 0.836. The molecular formula is C16H25N3O2. The fraction of sp³-hybridized carbons (Fsp3) is 0.562. The van der Waals surface area contributed by atoms with E-state index < -0.39 is 0 Å². The Morgan fingerprint density at radius 1 is 1.38 bits per heavy atom. The molecule has 1 aromatic rings. The lowest BCUT2D eigenvalue weighted by molar-refractivity contribution is -0.126. The molecule has 0 aliphatic carbocycles. The molecule has 2 rings (SSSR count). The van der Waals surface area contributed by atoms with Gasteiger partial charge in [0.25, 0.3) is 0 Å². The molecular weight excluding hydrogens is 266 g/mol. The van der Waals surface area contributed by atoms with Gasteiger partial charge in [-0.1, -0.05) is 6.07 Å². The van der Waals surface area contributed by atoms with Gasteiger partial charge in [-0.15, -0.1) is 0 Å². The van der Waals surface area contributed by atoms with Gasteiger partial charge in [-0.25, -0.2) is 0 Å². The summed E-state index contributed by atoms with van der Waals surface area (Å²) in [5.74, 6) is -0.00926. The van der Waals surface area contributed by atoms with Crippen molar-refractivity contribution in [3.63, 3.8) is 0 Å². The number of carbonyl (C=O) groups excluding carboxylic acids is 1. The summed E-state index contributed by atoms with van der Waals surface area (Å²) in [5.41, 5.74) is 8.22. The number of amides is 1. The molecule has 5 nitrogen and oxygen atoms in total. The Morgan fingerprint density at radius 3 is 2.62 bits per heavy atom. The molecule has 5 heteroatoms. The Labute approximate surface area is 126 Å². The van der Waals surface area contributed by atoms with Crippen molar-refractivity contribution in [3.05, 3.63) is 23.8 Å². The minimum Gasteiger partial charge on any atom is -0.399 e. The highest BCUT2D eigenvalue weighted by Gasteiger charge is 2.29. The van der Waals surface area contributed by atoms with Crippen molar-refractivity contribution in [1.29, 1.82) is 0 Å². The third kappa shape index (κ3) is 3.95. The molecule has 0 radical (unpaired) electrons. The molecule has 3 unspecified atom stereocenters. The Balaban J connectivity index is 2.04. The number of rotatable bonds is 3. The standard InChI is InChI=1S/C16H25N3O2/c1-10-5-6-14(17)7-15(10)18-16(20)13(4)19-8-11(2)21-12(3)9-19/h5-7,11-13H,8-9,17H2,1-4H3,(H,18,20). The summed E-state index contributed by atoms with van der Waals surface area (Å²) in [4.78, 5) is 14.6. The van der Waals surface area contributed by atoms with Gasteiger partial charge in [-0.05, 0) is 45.4 Å². The summed E-state index contributed by atoms with van der Waals surface area (Å²) in [7, 11) is 0. The second kappa shape index (κ2) is 6.45. The Kier molecular flexibility index (Phi) is 4.85. The predicted octanol–water partition coefficient (Wildman–Crippen LogP) is 2.01. The largest absolute Gasteiger partial charge is 0.399 e. The van der Waals surface area contributed by atoms with Crippen molar-refractivity contribution >= 4 is 17.3 Å². The van der Waals surface area contributed by atoms with E-state index in [0.717, 1.165) is 24.3 Å². The minimum absolute atomic E-state index is 0.00926. The van der Waals surface area contributed by atoms with Crippen LogP contribution in [0.15, 0.2) is 18.2 Å². The molecule has 0 spiro atoms. The Morgan fingerprint density at radius 2 is 2.00 bits per heavy atom. The summed E-state index contributed by atoms with van der Waals surface area (Å²) >= 11 is 0. The molecule has 1 saturated heterocycles. The van der Waals surface area contributed by atoms with Crippen LogP contribution < -0.4 is 11.1 Å². The number of hydrogen-bond acceptors (Lipinski definition) is 4. The molecule has 3 atom stereocenters. The Hall–Kier alpha value is -1.59. The van der Waals surface area contributed by atoms with Crippen LogP contribution in [0.1, 0.15) is 26.3 Å². The number of anilines is 2. The van der Waals surface area contributed by atoms with E-state index in [9.17, 15) is 4.79 Å². The van der Waals surface area contributed by atoms with Crippen molar-refractivity contribution in [2.24, 2.45) is 0 Å². The second-order valence-electron chi connectivity index (χ2n) is 5.95. The summed E-state index contributed by atoms with van der Waals surface area (Å²) in [6.45, 7) is 9.51. The molecule has 116 valence electrons. The van der Waals surface area contributed by atoms with Gasteiger partial charge in [-0.3, -0.25) is 9.69 Å². The average molecular weight is 291 g/mol. The van der Waals surface area contributed by atoms with E-state index >= 15 is 0 Å². The van der Waals surface area contributed by atoms with Crippen LogP contribution in [0, 0.1) is 6.92 Å². The van der Waals surface area contributed by atoms with E-state index in [4.69, 9.17) is 10.5 Å². The van der Waals surface area contributed by atoms with Gasteiger partial charge in [0.2, 0.25) is 5.91 Å². The van der Waals surface area contributed by atoms with Gasteiger partial charge in [-0.2, -0.15) is 0 Å². The van der Waals surface area contributed by atoms with Gasteiger partial charge in [0.05, 0.1) is 18.2 Å². The summed E-state index contributed by atoms with van der Waals surface area (Å²) in [6, 6.07) is 5.35. The van der Waals surface area contributed by atoms with E-state index in [-0.39, 0.29) is 24.2 Å². The maximum absolute atomic E-state index is 12.5. The number of nitrogens with zero attached hydrogens (tertiary/aromatic N) is 1. The minimum atomic E-state index is -0.195. The van der Waals surface area contributed by atoms with Crippen LogP contribution in [-0.2, 0) is 9.53 Å². The maximum Gasteiger partial charge on any atom is 0.241 e. The number of nitrogens with two attached hydrogens (primary N) is 1. The lowest BCUT2D eigenvalue weighted by atomic mass is 10.1. The first-order valence-electron chi connectivity index (χ1n) is 7.43. The van der Waals surface area contributed by atoms with Gasteiger partial charge in [0.1, 0.15) is 0 Å². The first kappa shape index (κ1) is 15.8. The maximum atomic E-state index is 12.5. The lowest BCUT2D eigenvalue weighted by Crippen LogP contribution is -2.52. The predicted molar refractivity (Wildman–Crippen MR) is 85.3 cm³/mol. The normalized spacial score (nSPS) is 24.6. The first-order chi connectivity index (χ1) is 9.86. The molecule has 1 aliphatic rings. The van der Waals surface area contributed by atoms with E-state index in [2.05, 4.69) is 10.2 Å². The summed E-state index contributed by atoms with van der Waals surface area (Å²) in [6.07, 6.45) is 0.302. The molecule has 0 bridgehead atoms. The average Bonchev–Trinajstić information content (AvgIpc) is 2.41. The molecule has 0 aromatic heterocycles. The van der Waals surface area contributed by atoms with Crippen molar-refractivity contribution in [1.82, 2.24) is 4.90 Å². The Bertz CT molecular complexity index is 508. The third-order valence-electron chi connectivity index (χ3n) is 3.89. The van der Waals surface area contributed by atoms with Crippen LogP contribution in [-0.4, -0.2) is 42.1 Å². The van der Waals surface area contributed by atoms with Crippen LogP contribution in [0.3, 0.4) is 0 Å². The van der Waals surface area contributed by atoms with Crippen LogP contribution in [0.5, 0.6) is 0 Å². The number of carbonyl (C=O) groups is 1. The number of nitrogen functional groups attached to an aromatic ring is 1. The highest BCUT2D eigenvalue weighted by molar-refractivity contribution is 5.95. The fourth-order valence-corrected chi connectivity index (χ4v) is 2.71. The molecule has 1 aromatic carbocycles. The molecule has 3 N–H and O–H groups in total. The van der Waals surface area contributed by atoms with E-state index in [1.807, 2.05) is 39.8 Å². The van der Waals surface area contributed by atoms with Gasteiger partial charge < -0.3 is 15.8 Å². The molecule has 0 saturated carbocycles. The fourth-order valence-electron chi connectivity index (χ4n) is 2.71. The van der Waals surface area contributed by atoms with Crippen LogP contribution in [0.2, 0.25) is 0 Å². The van der Waals surface area contributed by atoms with Gasteiger partial charge in [0.15, 0.2) is 0 Å². The smallest absolute Gasteiger partial charge is 0.241 e. The molecule has 1 heterocycles. The van der Waals surface area contributed by atoms with Crippen molar-refractivity contribution in [2.75, 3.05) is 24.1 Å². The van der Waals surface area contributed by atoms with E-state index in [1.165, 1.54) is 0 Å². The van der Waals surface area contributed by atoms with Gasteiger partial charge >= 0.3 is 0 Å². The number of ether oxygens (including phenoxy) is 1. The van der Waals surface area contributed by atoms with E-state index in [1.54, 1.807) is 6.07 Å². The van der Waals surface area contributed by atoms with Crippen molar-refractivity contribution in [3.8, 4) is 0 Å². The van der Waals surface area contributed by atoms with Gasteiger partial charge in [0, 0.05) is 24.5 Å². The summed E-state index contributed by atoms with van der Waals surface area (Å²) < 4.78 is 5.71. The topological polar surface area (TPSA) is 67.6 Å². The number of aryl methyl sites for hydroxylation is 1.